The molecule has 0 spiro atoms. The van der Waals surface area contributed by atoms with Crippen LogP contribution >= 0.6 is 23.7 Å². The van der Waals surface area contributed by atoms with E-state index >= 15 is 0 Å². The van der Waals surface area contributed by atoms with E-state index in [2.05, 4.69) is 16.0 Å². The molecule has 1 aromatic carbocycles. The zero-order chi connectivity index (χ0) is 23.0. The highest BCUT2D eigenvalue weighted by atomic mass is 35.5. The summed E-state index contributed by atoms with van der Waals surface area (Å²) in [6, 6.07) is 6.07. The Labute approximate surface area is 201 Å². The van der Waals surface area contributed by atoms with Crippen molar-refractivity contribution in [1.29, 1.82) is 0 Å². The van der Waals surface area contributed by atoms with Crippen molar-refractivity contribution in [2.75, 3.05) is 12.8 Å². The minimum atomic E-state index is -3.09. The van der Waals surface area contributed by atoms with Crippen molar-refractivity contribution < 1.29 is 18.3 Å². The number of aromatic amines is 1. The molecule has 1 aliphatic carbocycles. The Morgan fingerprint density at radius 3 is 2.70 bits per heavy atom. The van der Waals surface area contributed by atoms with Crippen LogP contribution < -0.4 is 11.3 Å². The Bertz CT molecular complexity index is 1370. The number of carboxylic acids is 1. The van der Waals surface area contributed by atoms with Gasteiger partial charge in [0, 0.05) is 24.5 Å². The lowest BCUT2D eigenvalue weighted by Crippen LogP contribution is -2.35. The Hall–Kier alpha value is -2.31. The van der Waals surface area contributed by atoms with Crippen LogP contribution in [0, 0.1) is 0 Å². The molecule has 2 aliphatic rings. The summed E-state index contributed by atoms with van der Waals surface area (Å²) in [4.78, 5) is 30.5. The Morgan fingerprint density at radius 2 is 2.03 bits per heavy atom. The number of carboxylic acid groups (broad SMARTS) is 1. The normalized spacial score (nSPS) is 15.2. The average molecular weight is 513 g/mol. The third-order valence-corrected chi connectivity index (χ3v) is 8.17. The number of fused-ring (bicyclic) bond motifs is 4. The molecule has 0 saturated heterocycles. The van der Waals surface area contributed by atoms with E-state index in [1.54, 1.807) is 0 Å². The second kappa shape index (κ2) is 9.90. The van der Waals surface area contributed by atoms with Crippen molar-refractivity contribution in [3.8, 4) is 0 Å². The number of aromatic carboxylic acids is 1. The molecule has 3 heterocycles. The second-order valence-electron chi connectivity index (χ2n) is 7.91. The van der Waals surface area contributed by atoms with Gasteiger partial charge in [0.15, 0.2) is 0 Å². The van der Waals surface area contributed by atoms with Crippen LogP contribution in [-0.4, -0.2) is 46.6 Å². The molecule has 0 atom stereocenters. The van der Waals surface area contributed by atoms with Gasteiger partial charge in [-0.2, -0.15) is 4.31 Å². The van der Waals surface area contributed by atoms with Crippen molar-refractivity contribution >= 4 is 50.0 Å². The maximum atomic E-state index is 11.8. The standard InChI is InChI=1S/C11H16N2O2S.C10H8N2O3S.ClH/c1-16(14,15)13-5-4-10-3-2-9(7-12)6-11(10)8-13;13-8-6-4-2-1-3-5(4)16-9(6)12-7(11-8)10(14)15;/h2-3,6H,4-5,7-8,12H2,1H3;1-3H2,(H,14,15)(H,11,12,13);1H. The SMILES string of the molecule is CS(=O)(=O)N1CCc2ccc(CN)cc2C1.Cl.O=C(O)c1nc2sc3c(c2c(=O)[nH]1)CCC3. The smallest absolute Gasteiger partial charge is 0.372 e. The number of nitrogens with zero attached hydrogens (tertiary/aromatic N) is 2. The molecule has 0 fully saturated rings. The van der Waals surface area contributed by atoms with Crippen molar-refractivity contribution in [3.63, 3.8) is 0 Å². The number of halogens is 1. The second-order valence-corrected chi connectivity index (χ2v) is 11.0. The molecule has 0 radical (unpaired) electrons. The summed E-state index contributed by atoms with van der Waals surface area (Å²) in [7, 11) is -3.09. The van der Waals surface area contributed by atoms with Gasteiger partial charge in [0.1, 0.15) is 4.83 Å². The Balaban J connectivity index is 0.000000180. The average Bonchev–Trinajstić information content (AvgIpc) is 3.33. The van der Waals surface area contributed by atoms with E-state index in [1.165, 1.54) is 32.3 Å². The van der Waals surface area contributed by atoms with Gasteiger partial charge in [0.25, 0.3) is 5.56 Å². The monoisotopic (exact) mass is 512 g/mol. The van der Waals surface area contributed by atoms with Crippen LogP contribution in [0.2, 0.25) is 0 Å². The van der Waals surface area contributed by atoms with Gasteiger partial charge < -0.3 is 15.8 Å². The first-order valence-corrected chi connectivity index (χ1v) is 12.9. The molecule has 4 N–H and O–H groups in total. The van der Waals surface area contributed by atoms with E-state index in [0.29, 0.717) is 29.9 Å². The summed E-state index contributed by atoms with van der Waals surface area (Å²) in [5.41, 5.74) is 9.67. The molecule has 0 amide bonds. The third-order valence-electron chi connectivity index (χ3n) is 5.73. The highest BCUT2D eigenvalue weighted by Crippen LogP contribution is 2.34. The van der Waals surface area contributed by atoms with Crippen LogP contribution in [0.3, 0.4) is 0 Å². The van der Waals surface area contributed by atoms with Crippen LogP contribution in [0.25, 0.3) is 10.2 Å². The molecule has 0 saturated carbocycles. The zero-order valence-electron chi connectivity index (χ0n) is 18.0. The van der Waals surface area contributed by atoms with E-state index in [9.17, 15) is 18.0 Å². The number of nitrogens with two attached hydrogens (primary N) is 1. The molecular weight excluding hydrogens is 488 g/mol. The number of nitrogens with one attached hydrogen (secondary N) is 1. The largest absolute Gasteiger partial charge is 0.475 e. The van der Waals surface area contributed by atoms with Gasteiger partial charge in [-0.1, -0.05) is 18.2 Å². The number of hydrogen-bond acceptors (Lipinski definition) is 7. The lowest BCUT2D eigenvalue weighted by Gasteiger charge is -2.27. The summed E-state index contributed by atoms with van der Waals surface area (Å²) in [6.45, 7) is 1.54. The van der Waals surface area contributed by atoms with Crippen LogP contribution in [0.4, 0.5) is 0 Å². The maximum Gasteiger partial charge on any atom is 0.372 e. The molecule has 12 heteroatoms. The van der Waals surface area contributed by atoms with Crippen LogP contribution in [0.15, 0.2) is 23.0 Å². The lowest BCUT2D eigenvalue weighted by atomic mass is 9.99. The minimum absolute atomic E-state index is 0. The first-order valence-electron chi connectivity index (χ1n) is 10.2. The molecule has 3 aromatic rings. The fourth-order valence-corrected chi connectivity index (χ4v) is 6.16. The van der Waals surface area contributed by atoms with Gasteiger partial charge in [-0.3, -0.25) is 4.79 Å². The highest BCUT2D eigenvalue weighted by Gasteiger charge is 2.23. The van der Waals surface area contributed by atoms with Crippen molar-refractivity contribution in [2.24, 2.45) is 5.73 Å². The number of benzene rings is 1. The van der Waals surface area contributed by atoms with Crippen molar-refractivity contribution in [2.45, 2.75) is 38.8 Å². The number of aromatic nitrogens is 2. The summed E-state index contributed by atoms with van der Waals surface area (Å²) in [5, 5.41) is 9.37. The highest BCUT2D eigenvalue weighted by molar-refractivity contribution is 7.88. The molecular formula is C21H25ClN4O5S2. The first kappa shape index (κ1) is 25.3. The zero-order valence-corrected chi connectivity index (χ0v) is 20.4. The van der Waals surface area contributed by atoms with E-state index in [1.807, 2.05) is 12.1 Å². The van der Waals surface area contributed by atoms with Gasteiger partial charge in [-0.15, -0.1) is 23.7 Å². The number of H-pyrrole nitrogens is 1. The molecule has 0 bridgehead atoms. The van der Waals surface area contributed by atoms with Crippen molar-refractivity contribution in [1.82, 2.24) is 14.3 Å². The van der Waals surface area contributed by atoms with Gasteiger partial charge in [-0.25, -0.2) is 18.2 Å². The Kier molecular flexibility index (Phi) is 7.59. The molecule has 9 nitrogen and oxygen atoms in total. The minimum Gasteiger partial charge on any atom is -0.475 e. The van der Waals surface area contributed by atoms with Crippen LogP contribution in [0.1, 0.15) is 44.2 Å². The predicted molar refractivity (Wildman–Crippen MR) is 130 cm³/mol. The number of carbonyl (C=O) groups is 1. The third kappa shape index (κ3) is 5.28. The number of hydrogen-bond donors (Lipinski definition) is 3. The van der Waals surface area contributed by atoms with Gasteiger partial charge >= 0.3 is 5.97 Å². The van der Waals surface area contributed by atoms with Crippen molar-refractivity contribution in [3.05, 3.63) is 61.5 Å². The topological polar surface area (TPSA) is 146 Å². The first-order chi connectivity index (χ1) is 15.2. The molecule has 178 valence electrons. The van der Waals surface area contributed by atoms with Gasteiger partial charge in [-0.05, 0) is 47.9 Å². The predicted octanol–water partition coefficient (Wildman–Crippen LogP) is 2.06. The van der Waals surface area contributed by atoms with Crippen LogP contribution in [-0.2, 0) is 42.4 Å². The number of sulfonamides is 1. The van der Waals surface area contributed by atoms with Gasteiger partial charge in [0.2, 0.25) is 15.8 Å². The lowest BCUT2D eigenvalue weighted by molar-refractivity contribution is 0.0683. The summed E-state index contributed by atoms with van der Waals surface area (Å²) < 4.78 is 24.4. The molecule has 1 aliphatic heterocycles. The number of thiophene rings is 1. The summed E-state index contributed by atoms with van der Waals surface area (Å²) in [6.07, 6.45) is 4.97. The van der Waals surface area contributed by atoms with Crippen LogP contribution in [0.5, 0.6) is 0 Å². The fourth-order valence-electron chi connectivity index (χ4n) is 4.10. The van der Waals surface area contributed by atoms with E-state index in [4.69, 9.17) is 10.8 Å². The van der Waals surface area contributed by atoms with E-state index in [0.717, 1.165) is 42.4 Å². The molecule has 5 rings (SSSR count). The maximum absolute atomic E-state index is 11.8. The number of aryl methyl sites for hydroxylation is 2. The summed E-state index contributed by atoms with van der Waals surface area (Å²) >= 11 is 1.44. The molecule has 2 aromatic heterocycles. The van der Waals surface area contributed by atoms with E-state index in [-0.39, 0.29) is 23.8 Å². The van der Waals surface area contributed by atoms with Gasteiger partial charge in [0.05, 0.1) is 11.6 Å². The number of rotatable bonds is 3. The van der Waals surface area contributed by atoms with E-state index < -0.39 is 16.0 Å². The summed E-state index contributed by atoms with van der Waals surface area (Å²) in [5.74, 6) is -1.48. The quantitative estimate of drug-likeness (QED) is 0.486. The fraction of sp³-hybridized carbons (Fsp3) is 0.381. The molecule has 0 unspecified atom stereocenters. The molecule has 33 heavy (non-hydrogen) atoms. The Morgan fingerprint density at radius 1 is 1.27 bits per heavy atom.